The van der Waals surface area contributed by atoms with Crippen LogP contribution in [0.15, 0.2) is 42.5 Å². The predicted octanol–water partition coefficient (Wildman–Crippen LogP) is 1.74. The molecule has 6 heteroatoms. The van der Waals surface area contributed by atoms with E-state index in [9.17, 15) is 14.7 Å². The van der Waals surface area contributed by atoms with Gasteiger partial charge in [-0.1, -0.05) is 12.1 Å². The molecule has 0 bridgehead atoms. The number of carbonyl (C=O) groups excluding carboxylic acids is 1. The molecule has 21 heavy (non-hydrogen) atoms. The van der Waals surface area contributed by atoms with Crippen LogP contribution in [-0.2, 0) is 16.0 Å². The number of aromatic amines is 1. The molecule has 0 saturated heterocycles. The summed E-state index contributed by atoms with van der Waals surface area (Å²) in [4.78, 5) is 24.3. The van der Waals surface area contributed by atoms with Gasteiger partial charge in [0.1, 0.15) is 5.76 Å². The summed E-state index contributed by atoms with van der Waals surface area (Å²) in [5.74, 6) is -3.21. The fraction of sp³-hybridized carbons (Fsp3) is 0.0667. The van der Waals surface area contributed by atoms with Crippen LogP contribution in [0.4, 0.5) is 5.69 Å². The number of nitrogen functional groups attached to an aromatic ring is 1. The molecule has 0 aliphatic heterocycles. The van der Waals surface area contributed by atoms with Crippen LogP contribution in [0.3, 0.4) is 0 Å². The highest BCUT2D eigenvalue weighted by molar-refractivity contribution is 6.38. The molecule has 6 nitrogen and oxygen atoms in total. The first kappa shape index (κ1) is 14.4. The van der Waals surface area contributed by atoms with Gasteiger partial charge in [0.05, 0.1) is 5.69 Å². The van der Waals surface area contributed by atoms with Gasteiger partial charge in [-0.15, -0.1) is 0 Å². The topological polar surface area (TPSA) is 116 Å². The van der Waals surface area contributed by atoms with E-state index in [-0.39, 0.29) is 5.69 Å². The molecule has 1 heterocycles. The number of hydrogen-bond acceptors (Lipinski definition) is 4. The minimum absolute atomic E-state index is 0.287. The maximum absolute atomic E-state index is 11.0. The van der Waals surface area contributed by atoms with E-state index in [1.807, 2.05) is 12.1 Å². The summed E-state index contributed by atoms with van der Waals surface area (Å²) in [6.07, 6.45) is 1.27. The molecule has 0 amide bonds. The van der Waals surface area contributed by atoms with Gasteiger partial charge in [0.25, 0.3) is 5.78 Å². The first-order chi connectivity index (χ1) is 9.95. The van der Waals surface area contributed by atoms with E-state index in [0.717, 1.165) is 11.3 Å². The van der Waals surface area contributed by atoms with Crippen molar-refractivity contribution >= 4 is 23.2 Å². The number of aliphatic hydroxyl groups excluding tert-OH is 1. The van der Waals surface area contributed by atoms with Crippen LogP contribution in [0, 0.1) is 0 Å². The Bertz CT molecular complexity index is 699. The molecule has 0 aliphatic rings. The first-order valence-electron chi connectivity index (χ1n) is 6.16. The largest absolute Gasteiger partial charge is 0.506 e. The Kier molecular flexibility index (Phi) is 4.08. The number of hydrogen-bond donors (Lipinski definition) is 4. The van der Waals surface area contributed by atoms with Crippen LogP contribution in [0.25, 0.3) is 5.76 Å². The lowest BCUT2D eigenvalue weighted by atomic mass is 10.1. The Morgan fingerprint density at radius 3 is 2.38 bits per heavy atom. The molecule has 0 atom stereocenters. The van der Waals surface area contributed by atoms with Gasteiger partial charge < -0.3 is 20.9 Å². The van der Waals surface area contributed by atoms with E-state index in [4.69, 9.17) is 10.8 Å². The Labute approximate surface area is 120 Å². The molecule has 1 aromatic heterocycles. The maximum Gasteiger partial charge on any atom is 0.376 e. The van der Waals surface area contributed by atoms with E-state index in [0.29, 0.717) is 18.2 Å². The average Bonchev–Trinajstić information content (AvgIpc) is 2.90. The smallest absolute Gasteiger partial charge is 0.376 e. The van der Waals surface area contributed by atoms with E-state index in [1.165, 1.54) is 0 Å². The van der Waals surface area contributed by atoms with Crippen LogP contribution in [0.1, 0.15) is 17.0 Å². The molecule has 1 aromatic carbocycles. The Hall–Kier alpha value is -3.02. The van der Waals surface area contributed by atoms with Crippen LogP contribution in [0.5, 0.6) is 0 Å². The number of nitrogens with one attached hydrogen (secondary N) is 1. The van der Waals surface area contributed by atoms with Crippen molar-refractivity contribution in [2.24, 2.45) is 0 Å². The van der Waals surface area contributed by atoms with Crippen molar-refractivity contribution in [3.8, 4) is 0 Å². The number of rotatable bonds is 5. The number of H-pyrrole nitrogens is 1. The molecule has 0 aliphatic carbocycles. The quantitative estimate of drug-likeness (QED) is 0.289. The zero-order chi connectivity index (χ0) is 15.4. The van der Waals surface area contributed by atoms with Gasteiger partial charge in [0.15, 0.2) is 0 Å². The lowest BCUT2D eigenvalue weighted by Gasteiger charge is -2.00. The van der Waals surface area contributed by atoms with Gasteiger partial charge in [-0.3, -0.25) is 4.79 Å². The molecular weight excluding hydrogens is 272 g/mol. The molecule has 0 spiro atoms. The normalized spacial score (nSPS) is 11.3. The summed E-state index contributed by atoms with van der Waals surface area (Å²) in [5, 5.41) is 18.2. The third-order valence-electron chi connectivity index (χ3n) is 2.88. The number of aliphatic carboxylic acids is 1. The van der Waals surface area contributed by atoms with Gasteiger partial charge in [-0.2, -0.15) is 0 Å². The van der Waals surface area contributed by atoms with Crippen LogP contribution >= 0.6 is 0 Å². The van der Waals surface area contributed by atoms with Crippen LogP contribution < -0.4 is 5.73 Å². The number of carboxylic acid groups (broad SMARTS) is 1. The van der Waals surface area contributed by atoms with Gasteiger partial charge in [0, 0.05) is 23.9 Å². The Balaban J connectivity index is 2.12. The molecule has 2 aromatic rings. The fourth-order valence-electron chi connectivity index (χ4n) is 1.81. The summed E-state index contributed by atoms with van der Waals surface area (Å²) in [6.45, 7) is 0. The van der Waals surface area contributed by atoms with Crippen molar-refractivity contribution in [2.75, 3.05) is 5.73 Å². The summed E-state index contributed by atoms with van der Waals surface area (Å²) in [5.41, 5.74) is 8.42. The molecule has 0 fully saturated rings. The van der Waals surface area contributed by atoms with Crippen molar-refractivity contribution in [2.45, 2.75) is 6.42 Å². The number of benzene rings is 1. The highest BCUT2D eigenvalue weighted by Gasteiger charge is 2.11. The number of carboxylic acids is 1. The lowest BCUT2D eigenvalue weighted by molar-refractivity contribution is -0.146. The molecule has 108 valence electrons. The molecule has 5 N–H and O–H groups in total. The standard InChI is InChI=1S/C15H14N2O4/c16-10-3-1-9(2-4-10)7-11-5-6-12(17-11)13(18)8-14(19)15(20)21/h1-6,8,17-18H,7,16H2,(H,20,21). The second kappa shape index (κ2) is 5.96. The highest BCUT2D eigenvalue weighted by atomic mass is 16.4. The van der Waals surface area contributed by atoms with Crippen molar-refractivity contribution < 1.29 is 19.8 Å². The maximum atomic E-state index is 11.0. The van der Waals surface area contributed by atoms with E-state index in [2.05, 4.69) is 4.98 Å². The molecule has 0 radical (unpaired) electrons. The number of ketones is 1. The summed E-state index contributed by atoms with van der Waals surface area (Å²) >= 11 is 0. The average molecular weight is 286 g/mol. The van der Waals surface area contributed by atoms with Gasteiger partial charge in [-0.05, 0) is 29.8 Å². The van der Waals surface area contributed by atoms with Crippen LogP contribution in [-0.4, -0.2) is 26.9 Å². The van der Waals surface area contributed by atoms with Crippen molar-refractivity contribution in [3.05, 3.63) is 59.4 Å². The second-order valence-electron chi connectivity index (χ2n) is 4.51. The van der Waals surface area contributed by atoms with E-state index < -0.39 is 17.5 Å². The number of anilines is 1. The summed E-state index contributed by atoms with van der Waals surface area (Å²) in [7, 11) is 0. The number of aliphatic hydroxyl groups is 1. The van der Waals surface area contributed by atoms with E-state index in [1.54, 1.807) is 24.3 Å². The zero-order valence-electron chi connectivity index (χ0n) is 11.0. The van der Waals surface area contributed by atoms with Crippen LogP contribution in [0.2, 0.25) is 0 Å². The van der Waals surface area contributed by atoms with Gasteiger partial charge in [0.2, 0.25) is 0 Å². The Morgan fingerprint density at radius 2 is 1.76 bits per heavy atom. The number of nitrogens with two attached hydrogens (primary N) is 1. The van der Waals surface area contributed by atoms with Crippen molar-refractivity contribution in [1.29, 1.82) is 0 Å². The van der Waals surface area contributed by atoms with Crippen molar-refractivity contribution in [1.82, 2.24) is 4.98 Å². The third kappa shape index (κ3) is 3.73. The van der Waals surface area contributed by atoms with Gasteiger partial charge in [-0.25, -0.2) is 4.79 Å². The summed E-state index contributed by atoms with van der Waals surface area (Å²) < 4.78 is 0. The monoisotopic (exact) mass is 286 g/mol. The Morgan fingerprint density at radius 1 is 1.10 bits per heavy atom. The van der Waals surface area contributed by atoms with E-state index >= 15 is 0 Å². The predicted molar refractivity (Wildman–Crippen MR) is 77.7 cm³/mol. The molecular formula is C15H14N2O4. The SMILES string of the molecule is Nc1ccc(Cc2ccc(C(O)=CC(=O)C(=O)O)[nH]2)cc1. The highest BCUT2D eigenvalue weighted by Crippen LogP contribution is 2.15. The lowest BCUT2D eigenvalue weighted by Crippen LogP contribution is -2.09. The third-order valence-corrected chi connectivity index (χ3v) is 2.88. The zero-order valence-corrected chi connectivity index (χ0v) is 11.0. The van der Waals surface area contributed by atoms with Gasteiger partial charge >= 0.3 is 5.97 Å². The fourth-order valence-corrected chi connectivity index (χ4v) is 1.81. The number of carbonyl (C=O) groups is 2. The molecule has 2 rings (SSSR count). The summed E-state index contributed by atoms with van der Waals surface area (Å²) in [6, 6.07) is 10.7. The second-order valence-corrected chi connectivity index (χ2v) is 4.51. The molecule has 0 unspecified atom stereocenters. The van der Waals surface area contributed by atoms with Crippen molar-refractivity contribution in [3.63, 3.8) is 0 Å². The minimum Gasteiger partial charge on any atom is -0.506 e. The molecule has 0 saturated carbocycles. The first-order valence-corrected chi connectivity index (χ1v) is 6.16. The minimum atomic E-state index is -1.62. The number of aromatic nitrogens is 1.